The standard InChI is InChI=1S/C19H19N3O3S/c1-24-15-6-7-17(25-2)14(12-15)5-8-19(23)21-18-9-10-20-22(18)13-16-4-3-11-26-16/h3-12H,13H2,1-2H3,(H,21,23)/b8-5+. The van der Waals surface area contributed by atoms with Gasteiger partial charge < -0.3 is 14.8 Å². The van der Waals surface area contributed by atoms with Gasteiger partial charge >= 0.3 is 0 Å². The molecule has 134 valence electrons. The number of hydrogen-bond acceptors (Lipinski definition) is 5. The number of ether oxygens (including phenoxy) is 2. The smallest absolute Gasteiger partial charge is 0.249 e. The first kappa shape index (κ1) is 17.8. The number of amides is 1. The number of thiophene rings is 1. The van der Waals surface area contributed by atoms with Crippen LogP contribution in [0.25, 0.3) is 6.08 Å². The van der Waals surface area contributed by atoms with E-state index in [1.165, 1.54) is 11.0 Å². The Morgan fingerprint density at radius 2 is 2.15 bits per heavy atom. The van der Waals surface area contributed by atoms with Crippen LogP contribution in [-0.4, -0.2) is 29.9 Å². The predicted molar refractivity (Wildman–Crippen MR) is 103 cm³/mol. The average Bonchev–Trinajstić information content (AvgIpc) is 3.32. The lowest BCUT2D eigenvalue weighted by atomic mass is 10.1. The van der Waals surface area contributed by atoms with E-state index < -0.39 is 0 Å². The molecule has 0 bridgehead atoms. The molecule has 0 aliphatic heterocycles. The van der Waals surface area contributed by atoms with Crippen LogP contribution in [0.2, 0.25) is 0 Å². The maximum absolute atomic E-state index is 12.3. The molecule has 3 aromatic rings. The fourth-order valence-corrected chi connectivity index (χ4v) is 3.10. The summed E-state index contributed by atoms with van der Waals surface area (Å²) in [5, 5.41) is 9.12. The van der Waals surface area contributed by atoms with Crippen molar-refractivity contribution in [1.29, 1.82) is 0 Å². The third-order valence-corrected chi connectivity index (χ3v) is 4.57. The topological polar surface area (TPSA) is 65.4 Å². The normalized spacial score (nSPS) is 10.8. The molecule has 7 heteroatoms. The van der Waals surface area contributed by atoms with Gasteiger partial charge in [-0.05, 0) is 35.7 Å². The number of anilines is 1. The molecule has 0 aliphatic carbocycles. The summed E-state index contributed by atoms with van der Waals surface area (Å²) in [6.45, 7) is 0.619. The molecule has 0 unspecified atom stereocenters. The molecule has 0 fully saturated rings. The second-order valence-corrected chi connectivity index (χ2v) is 6.42. The van der Waals surface area contributed by atoms with Crippen molar-refractivity contribution in [3.8, 4) is 11.5 Å². The molecule has 1 N–H and O–H groups in total. The van der Waals surface area contributed by atoms with E-state index in [2.05, 4.69) is 10.4 Å². The van der Waals surface area contributed by atoms with Gasteiger partial charge in [-0.25, -0.2) is 4.68 Å². The summed E-state index contributed by atoms with van der Waals surface area (Å²) in [6.07, 6.45) is 4.81. The van der Waals surface area contributed by atoms with Crippen molar-refractivity contribution in [3.05, 3.63) is 64.5 Å². The first-order valence-corrected chi connectivity index (χ1v) is 8.83. The molecule has 0 atom stereocenters. The minimum absolute atomic E-state index is 0.247. The summed E-state index contributed by atoms with van der Waals surface area (Å²) in [4.78, 5) is 13.5. The van der Waals surface area contributed by atoms with E-state index in [1.54, 1.807) is 60.7 Å². The van der Waals surface area contributed by atoms with Crippen molar-refractivity contribution in [2.24, 2.45) is 0 Å². The Bertz CT molecular complexity index is 901. The first-order valence-electron chi connectivity index (χ1n) is 7.95. The number of nitrogens with one attached hydrogen (secondary N) is 1. The fourth-order valence-electron chi connectivity index (χ4n) is 2.42. The highest BCUT2D eigenvalue weighted by Crippen LogP contribution is 2.25. The Morgan fingerprint density at radius 3 is 2.88 bits per heavy atom. The van der Waals surface area contributed by atoms with Gasteiger partial charge in [0.15, 0.2) is 0 Å². The molecule has 3 rings (SSSR count). The van der Waals surface area contributed by atoms with Crippen LogP contribution in [0.4, 0.5) is 5.82 Å². The Kier molecular flexibility index (Phi) is 5.70. The Labute approximate surface area is 155 Å². The largest absolute Gasteiger partial charge is 0.497 e. The summed E-state index contributed by atoms with van der Waals surface area (Å²) in [5.41, 5.74) is 0.758. The lowest BCUT2D eigenvalue weighted by Gasteiger charge is -2.08. The van der Waals surface area contributed by atoms with Crippen LogP contribution in [-0.2, 0) is 11.3 Å². The summed E-state index contributed by atoms with van der Waals surface area (Å²) < 4.78 is 12.3. The number of carbonyl (C=O) groups is 1. The van der Waals surface area contributed by atoms with Crippen LogP contribution < -0.4 is 14.8 Å². The zero-order valence-corrected chi connectivity index (χ0v) is 15.3. The summed E-state index contributed by atoms with van der Waals surface area (Å²) in [6, 6.07) is 11.2. The van der Waals surface area contributed by atoms with E-state index >= 15 is 0 Å². The van der Waals surface area contributed by atoms with Crippen LogP contribution in [0.5, 0.6) is 11.5 Å². The molecule has 0 aliphatic rings. The summed E-state index contributed by atoms with van der Waals surface area (Å²) >= 11 is 1.65. The fraction of sp³-hybridized carbons (Fsp3) is 0.158. The number of nitrogens with zero attached hydrogens (tertiary/aromatic N) is 2. The van der Waals surface area contributed by atoms with Crippen molar-refractivity contribution in [1.82, 2.24) is 9.78 Å². The third-order valence-electron chi connectivity index (χ3n) is 3.70. The second-order valence-electron chi connectivity index (χ2n) is 5.38. The van der Waals surface area contributed by atoms with Crippen molar-refractivity contribution in [3.63, 3.8) is 0 Å². The Morgan fingerprint density at radius 1 is 1.27 bits per heavy atom. The van der Waals surface area contributed by atoms with Crippen LogP contribution >= 0.6 is 11.3 Å². The number of aromatic nitrogens is 2. The van der Waals surface area contributed by atoms with E-state index in [0.29, 0.717) is 23.9 Å². The zero-order chi connectivity index (χ0) is 18.4. The molecule has 0 saturated carbocycles. The van der Waals surface area contributed by atoms with Crippen LogP contribution in [0.3, 0.4) is 0 Å². The number of rotatable bonds is 7. The number of carbonyl (C=O) groups excluding carboxylic acids is 1. The van der Waals surface area contributed by atoms with E-state index in [-0.39, 0.29) is 5.91 Å². The molecule has 0 radical (unpaired) electrons. The minimum atomic E-state index is -0.247. The molecule has 1 amide bonds. The van der Waals surface area contributed by atoms with Gasteiger partial charge in [0.2, 0.25) is 5.91 Å². The van der Waals surface area contributed by atoms with E-state index in [1.807, 2.05) is 23.6 Å². The highest BCUT2D eigenvalue weighted by atomic mass is 32.1. The van der Waals surface area contributed by atoms with Crippen LogP contribution in [0.1, 0.15) is 10.4 Å². The molecule has 1 aromatic carbocycles. The molecule has 26 heavy (non-hydrogen) atoms. The van der Waals surface area contributed by atoms with Crippen molar-refractivity contribution in [2.75, 3.05) is 19.5 Å². The van der Waals surface area contributed by atoms with Crippen LogP contribution in [0.15, 0.2) is 54.1 Å². The van der Waals surface area contributed by atoms with Crippen molar-refractivity contribution < 1.29 is 14.3 Å². The third kappa shape index (κ3) is 4.31. The van der Waals surface area contributed by atoms with Crippen molar-refractivity contribution in [2.45, 2.75) is 6.54 Å². The molecular weight excluding hydrogens is 350 g/mol. The first-order chi connectivity index (χ1) is 12.7. The quantitative estimate of drug-likeness (QED) is 0.646. The SMILES string of the molecule is COc1ccc(OC)c(/C=C/C(=O)Nc2ccnn2Cc2cccs2)c1. The maximum atomic E-state index is 12.3. The van der Waals surface area contributed by atoms with Gasteiger partial charge in [0, 0.05) is 22.6 Å². The molecule has 0 saturated heterocycles. The number of benzene rings is 1. The second kappa shape index (κ2) is 8.35. The minimum Gasteiger partial charge on any atom is -0.497 e. The van der Waals surface area contributed by atoms with Gasteiger partial charge in [-0.2, -0.15) is 5.10 Å². The number of methoxy groups -OCH3 is 2. The average molecular weight is 369 g/mol. The monoisotopic (exact) mass is 369 g/mol. The van der Waals surface area contributed by atoms with E-state index in [9.17, 15) is 4.79 Å². The Hall–Kier alpha value is -3.06. The highest BCUT2D eigenvalue weighted by Gasteiger charge is 2.07. The zero-order valence-electron chi connectivity index (χ0n) is 14.5. The molecule has 0 spiro atoms. The van der Waals surface area contributed by atoms with Gasteiger partial charge in [-0.1, -0.05) is 6.07 Å². The molecule has 2 aromatic heterocycles. The Balaban J connectivity index is 1.70. The van der Waals surface area contributed by atoms with Crippen LogP contribution in [0, 0.1) is 0 Å². The van der Waals surface area contributed by atoms with Gasteiger partial charge in [-0.15, -0.1) is 11.3 Å². The molecular formula is C19H19N3O3S. The number of hydrogen-bond donors (Lipinski definition) is 1. The lowest BCUT2D eigenvalue weighted by Crippen LogP contribution is -2.13. The van der Waals surface area contributed by atoms with Gasteiger partial charge in [0.25, 0.3) is 0 Å². The van der Waals surface area contributed by atoms with Gasteiger partial charge in [0.05, 0.1) is 27.0 Å². The van der Waals surface area contributed by atoms with Gasteiger partial charge in [-0.3, -0.25) is 4.79 Å². The summed E-state index contributed by atoms with van der Waals surface area (Å²) in [5.74, 6) is 1.76. The maximum Gasteiger partial charge on any atom is 0.249 e. The molecule has 2 heterocycles. The van der Waals surface area contributed by atoms with E-state index in [4.69, 9.17) is 9.47 Å². The molecule has 6 nitrogen and oxygen atoms in total. The van der Waals surface area contributed by atoms with E-state index in [0.717, 1.165) is 5.56 Å². The summed E-state index contributed by atoms with van der Waals surface area (Å²) in [7, 11) is 3.18. The van der Waals surface area contributed by atoms with Crippen molar-refractivity contribution >= 4 is 29.1 Å². The highest BCUT2D eigenvalue weighted by molar-refractivity contribution is 7.09. The lowest BCUT2D eigenvalue weighted by molar-refractivity contribution is -0.111. The predicted octanol–water partition coefficient (Wildman–Crippen LogP) is 3.66. The van der Waals surface area contributed by atoms with Gasteiger partial charge in [0.1, 0.15) is 17.3 Å².